The number of carboxylic acids is 1. The Morgan fingerprint density at radius 1 is 0.953 bits per heavy atom. The quantitative estimate of drug-likeness (QED) is 0.279. The number of aryl methyl sites for hydroxylation is 1. The van der Waals surface area contributed by atoms with Gasteiger partial charge in [0.15, 0.2) is 0 Å². The molecular weight excluding hydrogens is 568 g/mol. The van der Waals surface area contributed by atoms with Gasteiger partial charge < -0.3 is 24.9 Å². The number of nitrogens with zero attached hydrogens (tertiary/aromatic N) is 3. The molecule has 2 heterocycles. The summed E-state index contributed by atoms with van der Waals surface area (Å²) >= 11 is 6.24. The zero-order valence-corrected chi connectivity index (χ0v) is 25.5. The first-order valence-corrected chi connectivity index (χ1v) is 14.3. The second-order valence-electron chi connectivity index (χ2n) is 11.0. The largest absolute Gasteiger partial charge is 0.550 e. The summed E-state index contributed by atoms with van der Waals surface area (Å²) in [6.07, 6.45) is 0.868. The number of aliphatic carboxylic acids is 1. The molecule has 0 atom stereocenters. The van der Waals surface area contributed by atoms with Crippen LogP contribution in [0.1, 0.15) is 34.1 Å². The Kier molecular flexibility index (Phi) is 9.68. The number of carbonyl (C=O) groups excluding carboxylic acids is 2. The predicted molar refractivity (Wildman–Crippen MR) is 166 cm³/mol. The smallest absolute Gasteiger partial charge is 0.326 e. The topological polar surface area (TPSA) is 134 Å². The van der Waals surface area contributed by atoms with Crippen LogP contribution in [0.15, 0.2) is 77.6 Å². The van der Waals surface area contributed by atoms with Crippen LogP contribution in [-0.4, -0.2) is 38.2 Å². The molecule has 224 valence electrons. The van der Waals surface area contributed by atoms with Crippen LogP contribution in [-0.2, 0) is 27.4 Å². The molecule has 5 aromatic rings. The second kappa shape index (κ2) is 13.2. The number of hydrogen-bond acceptors (Lipinski definition) is 6. The van der Waals surface area contributed by atoms with E-state index in [-0.39, 0.29) is 17.8 Å². The predicted octanol–water partition coefficient (Wildman–Crippen LogP) is 4.07. The highest BCUT2D eigenvalue weighted by Crippen LogP contribution is 2.40. The molecule has 9 nitrogen and oxygen atoms in total. The number of carboxylic acid groups (broad SMARTS) is 1. The molecule has 0 saturated carbocycles. The lowest BCUT2D eigenvalue weighted by molar-refractivity contribution is -0.368. The molecule has 5 rings (SSSR count). The molecule has 2 aromatic heterocycles. The Morgan fingerprint density at radius 3 is 2.19 bits per heavy atom. The lowest BCUT2D eigenvalue weighted by atomic mass is 10.0. The van der Waals surface area contributed by atoms with E-state index in [4.69, 9.17) is 31.2 Å². The molecule has 0 unspecified atom stereocenters. The van der Waals surface area contributed by atoms with E-state index < -0.39 is 17.5 Å². The van der Waals surface area contributed by atoms with Gasteiger partial charge in [-0.1, -0.05) is 54.1 Å². The van der Waals surface area contributed by atoms with E-state index in [9.17, 15) is 9.59 Å². The van der Waals surface area contributed by atoms with Crippen molar-refractivity contribution in [3.05, 3.63) is 88.2 Å². The first-order chi connectivity index (χ1) is 20.4. The van der Waals surface area contributed by atoms with Gasteiger partial charge in [0.05, 0.1) is 23.3 Å². The normalized spacial score (nSPS) is 11.3. The summed E-state index contributed by atoms with van der Waals surface area (Å²) < 4.78 is 9.27. The van der Waals surface area contributed by atoms with E-state index in [2.05, 4.69) is 16.4 Å². The van der Waals surface area contributed by atoms with Crippen molar-refractivity contribution in [1.29, 1.82) is 0 Å². The van der Waals surface area contributed by atoms with E-state index in [1.807, 2.05) is 81.4 Å². The maximum atomic E-state index is 14.2. The average molecular weight is 603 g/mol. The second-order valence-corrected chi connectivity index (χ2v) is 11.5. The lowest BCUT2D eigenvalue weighted by Gasteiger charge is -2.20. The summed E-state index contributed by atoms with van der Waals surface area (Å²) in [5, 5.41) is 10.4. The Labute approximate surface area is 254 Å². The number of ether oxygens (including phenoxy) is 1. The van der Waals surface area contributed by atoms with Gasteiger partial charge in [-0.2, -0.15) is 0 Å². The van der Waals surface area contributed by atoms with Crippen molar-refractivity contribution in [2.75, 3.05) is 6.54 Å². The fourth-order valence-electron chi connectivity index (χ4n) is 4.97. The van der Waals surface area contributed by atoms with Crippen molar-refractivity contribution in [2.45, 2.75) is 52.8 Å². The summed E-state index contributed by atoms with van der Waals surface area (Å²) in [6.45, 7) is 7.68. The number of hydrogen-bond donors (Lipinski definition) is 1. The molecule has 0 aliphatic rings. The van der Waals surface area contributed by atoms with Gasteiger partial charge in [0, 0.05) is 40.4 Å². The van der Waals surface area contributed by atoms with Gasteiger partial charge in [-0.3, -0.25) is 14.2 Å². The van der Waals surface area contributed by atoms with Gasteiger partial charge in [0.2, 0.25) is 0 Å². The summed E-state index contributed by atoms with van der Waals surface area (Å²) in [7, 11) is 0. The summed E-state index contributed by atoms with van der Waals surface area (Å²) in [5.41, 5.74) is 8.01. The van der Waals surface area contributed by atoms with E-state index in [1.165, 1.54) is 4.57 Å². The number of carbonyl (C=O) groups is 2. The zero-order valence-electron chi connectivity index (χ0n) is 24.7. The third-order valence-corrected chi connectivity index (χ3v) is 6.77. The van der Waals surface area contributed by atoms with Crippen LogP contribution in [0, 0.1) is 0 Å². The average Bonchev–Trinajstić information content (AvgIpc) is 3.26. The number of fused-ring (bicyclic) bond motifs is 2. The molecule has 0 aliphatic carbocycles. The van der Waals surface area contributed by atoms with Gasteiger partial charge in [0.1, 0.15) is 17.8 Å². The molecule has 0 fully saturated rings. The number of quaternary nitrogens is 1. The third-order valence-electron chi connectivity index (χ3n) is 6.52. The van der Waals surface area contributed by atoms with Crippen LogP contribution >= 0.6 is 11.6 Å². The first kappa shape index (κ1) is 31.5. The van der Waals surface area contributed by atoms with Crippen LogP contribution in [0.4, 0.5) is 0 Å². The van der Waals surface area contributed by atoms with E-state index in [0.29, 0.717) is 16.1 Å². The van der Waals surface area contributed by atoms with Crippen molar-refractivity contribution in [3.63, 3.8) is 0 Å². The minimum absolute atomic E-state index is 0.220. The monoisotopic (exact) mass is 602 g/mol. The highest BCUT2D eigenvalue weighted by Gasteiger charge is 2.26. The maximum absolute atomic E-state index is 14.2. The lowest BCUT2D eigenvalue weighted by Crippen LogP contribution is -2.50. The van der Waals surface area contributed by atoms with Crippen LogP contribution in [0.25, 0.3) is 44.5 Å². The molecule has 0 aliphatic heterocycles. The Bertz CT molecular complexity index is 1830. The van der Waals surface area contributed by atoms with Crippen LogP contribution in [0.5, 0.6) is 0 Å². The fourth-order valence-corrected chi connectivity index (χ4v) is 5.09. The number of esters is 1. The number of para-hydroxylation sites is 3. The number of aromatic nitrogens is 3. The SMILES string of the molecule is CC(=O)[O-].CC(C)(C)OC(=O)Cn1c(=O)c(-c2c(-c3ccc(Cl)cc3)n(CCC[NH3+])c3ccccc23)nc2ccccc21. The molecule has 0 spiro atoms. The van der Waals surface area contributed by atoms with Gasteiger partial charge in [-0.05, 0) is 63.6 Å². The summed E-state index contributed by atoms with van der Waals surface area (Å²) in [4.78, 5) is 40.9. The third kappa shape index (κ3) is 7.31. The molecule has 43 heavy (non-hydrogen) atoms. The van der Waals surface area contributed by atoms with E-state index >= 15 is 0 Å². The standard InChI is InChI=1S/C31H31ClN4O3.C2H4O2/c1-31(2,3)39-26(37)19-36-25-12-7-5-10-23(25)34-28(30(36)38)27-22-9-4-6-11-24(22)35(18-8-17-33)29(27)20-13-15-21(32)16-14-20;1-2(3)4/h4-7,9-16H,8,17-19,33H2,1-3H3;1H3,(H,3,4). The molecule has 0 bridgehead atoms. The Balaban J connectivity index is 0.000000996. The molecule has 0 amide bonds. The van der Waals surface area contributed by atoms with Crippen LogP contribution in [0.3, 0.4) is 0 Å². The number of benzene rings is 3. The Morgan fingerprint density at radius 2 is 1.56 bits per heavy atom. The van der Waals surface area contributed by atoms with Crippen molar-refractivity contribution in [3.8, 4) is 22.5 Å². The van der Waals surface area contributed by atoms with Gasteiger partial charge in [0.25, 0.3) is 5.56 Å². The van der Waals surface area contributed by atoms with E-state index in [1.54, 1.807) is 6.07 Å². The first-order valence-electron chi connectivity index (χ1n) is 14.0. The summed E-state index contributed by atoms with van der Waals surface area (Å²) in [6, 6.07) is 23.0. The van der Waals surface area contributed by atoms with Crippen molar-refractivity contribution < 1.29 is 25.2 Å². The van der Waals surface area contributed by atoms with Crippen LogP contribution < -0.4 is 16.4 Å². The van der Waals surface area contributed by atoms with Crippen molar-refractivity contribution in [2.24, 2.45) is 0 Å². The fraction of sp³-hybridized carbons (Fsp3) is 0.273. The molecule has 0 saturated heterocycles. The number of halogens is 1. The van der Waals surface area contributed by atoms with Gasteiger partial charge >= 0.3 is 5.97 Å². The van der Waals surface area contributed by atoms with Crippen LogP contribution in [0.2, 0.25) is 5.02 Å². The Hall–Kier alpha value is -4.47. The van der Waals surface area contributed by atoms with Crippen molar-refractivity contribution >= 4 is 45.5 Å². The summed E-state index contributed by atoms with van der Waals surface area (Å²) in [5.74, 6) is -1.57. The molecule has 3 aromatic carbocycles. The van der Waals surface area contributed by atoms with Gasteiger partial charge in [-0.15, -0.1) is 0 Å². The molecule has 3 N–H and O–H groups in total. The minimum Gasteiger partial charge on any atom is -0.550 e. The highest BCUT2D eigenvalue weighted by atomic mass is 35.5. The number of rotatable bonds is 7. The highest BCUT2D eigenvalue weighted by molar-refractivity contribution is 6.30. The maximum Gasteiger partial charge on any atom is 0.326 e. The minimum atomic E-state index is -1.08. The zero-order chi connectivity index (χ0) is 31.3. The molecule has 0 radical (unpaired) electrons. The van der Waals surface area contributed by atoms with E-state index in [0.717, 1.165) is 54.2 Å². The molecule has 10 heteroatoms. The molecular formula is C33H35ClN4O5. The van der Waals surface area contributed by atoms with Gasteiger partial charge in [-0.25, -0.2) is 4.98 Å². The van der Waals surface area contributed by atoms with Crippen molar-refractivity contribution in [1.82, 2.24) is 14.1 Å².